The highest BCUT2D eigenvalue weighted by atomic mass is 16.5. The Morgan fingerprint density at radius 3 is 2.10 bits per heavy atom. The second kappa shape index (κ2) is 10.9. The lowest BCUT2D eigenvalue weighted by molar-refractivity contribution is -0.134. The lowest BCUT2D eigenvalue weighted by Crippen LogP contribution is -2.50. The molecule has 8 heteroatoms. The highest BCUT2D eigenvalue weighted by Gasteiger charge is 2.18. The van der Waals surface area contributed by atoms with Gasteiger partial charge in [0.25, 0.3) is 11.8 Å². The quantitative estimate of drug-likeness (QED) is 0.317. The summed E-state index contributed by atoms with van der Waals surface area (Å²) in [6.45, 7) is 2.05. The fraction of sp³-hybridized carbons (Fsp3) is 0.286. The van der Waals surface area contributed by atoms with Crippen molar-refractivity contribution in [3.63, 3.8) is 0 Å². The molecule has 8 nitrogen and oxygen atoms in total. The summed E-state index contributed by atoms with van der Waals surface area (Å²) in [5, 5.41) is 13.6. The second-order valence-corrected chi connectivity index (χ2v) is 6.47. The summed E-state index contributed by atoms with van der Waals surface area (Å²) < 4.78 is 0. The van der Waals surface area contributed by atoms with Crippen molar-refractivity contribution in [2.75, 3.05) is 13.1 Å². The molecule has 0 saturated carbocycles. The maximum Gasteiger partial charge on any atom is 0.267 e. The molecule has 0 fully saturated rings. The Bertz CT molecular complexity index is 835. The summed E-state index contributed by atoms with van der Waals surface area (Å²) in [4.78, 5) is 35.3. The molecule has 29 heavy (non-hydrogen) atoms. The standard InChI is InChI=1S/C21H26N4O4/c1-2-14-3-5-15(6-4-14)16-7-9-17(10-8-16)20(27)23-12-11-19(26)24-18(13-22)21(28)25-29/h3-10,18,29H,2,11-13,22H2,1H3,(H,23,27)(H,24,26)(H,25,28)/t18-/m0/s1. The summed E-state index contributed by atoms with van der Waals surface area (Å²) in [5.74, 6) is -1.56. The largest absolute Gasteiger partial charge is 0.352 e. The van der Waals surface area contributed by atoms with Crippen LogP contribution in [0.5, 0.6) is 0 Å². The summed E-state index contributed by atoms with van der Waals surface area (Å²) in [6, 6.07) is 14.5. The molecule has 1 atom stereocenters. The van der Waals surface area contributed by atoms with Gasteiger partial charge in [0.2, 0.25) is 5.91 Å². The molecule has 0 aliphatic carbocycles. The molecule has 2 rings (SSSR count). The van der Waals surface area contributed by atoms with E-state index in [4.69, 9.17) is 10.9 Å². The average molecular weight is 398 g/mol. The van der Waals surface area contributed by atoms with Crippen molar-refractivity contribution in [2.24, 2.45) is 5.73 Å². The van der Waals surface area contributed by atoms with Gasteiger partial charge in [-0.2, -0.15) is 0 Å². The van der Waals surface area contributed by atoms with Gasteiger partial charge in [0, 0.05) is 25.1 Å². The fourth-order valence-corrected chi connectivity index (χ4v) is 2.71. The van der Waals surface area contributed by atoms with Crippen LogP contribution in [-0.4, -0.2) is 42.1 Å². The first-order valence-electron chi connectivity index (χ1n) is 9.39. The number of hydrogen-bond donors (Lipinski definition) is 5. The SMILES string of the molecule is CCc1ccc(-c2ccc(C(=O)NCCC(=O)N[C@@H](CN)C(=O)NO)cc2)cc1. The molecule has 2 aromatic rings. The van der Waals surface area contributed by atoms with E-state index in [1.807, 2.05) is 12.1 Å². The summed E-state index contributed by atoms with van der Waals surface area (Å²) >= 11 is 0. The number of hydrogen-bond acceptors (Lipinski definition) is 5. The molecular weight excluding hydrogens is 372 g/mol. The van der Waals surface area contributed by atoms with Crippen LogP contribution < -0.4 is 21.8 Å². The Hall–Kier alpha value is -3.23. The number of amides is 3. The molecule has 0 aromatic heterocycles. The lowest BCUT2D eigenvalue weighted by atomic mass is 10.0. The van der Waals surface area contributed by atoms with E-state index < -0.39 is 17.9 Å². The van der Waals surface area contributed by atoms with Crippen LogP contribution in [0.3, 0.4) is 0 Å². The van der Waals surface area contributed by atoms with Crippen LogP contribution in [0, 0.1) is 0 Å². The van der Waals surface area contributed by atoms with E-state index in [9.17, 15) is 14.4 Å². The number of aryl methyl sites for hydroxylation is 1. The highest BCUT2D eigenvalue weighted by molar-refractivity contribution is 5.95. The first kappa shape index (κ1) is 22.1. The van der Waals surface area contributed by atoms with Gasteiger partial charge >= 0.3 is 0 Å². The van der Waals surface area contributed by atoms with E-state index in [2.05, 4.69) is 41.8 Å². The smallest absolute Gasteiger partial charge is 0.267 e. The van der Waals surface area contributed by atoms with Gasteiger partial charge in [-0.15, -0.1) is 0 Å². The van der Waals surface area contributed by atoms with Crippen LogP contribution in [0.15, 0.2) is 48.5 Å². The molecule has 0 heterocycles. The van der Waals surface area contributed by atoms with E-state index >= 15 is 0 Å². The topological polar surface area (TPSA) is 134 Å². The van der Waals surface area contributed by atoms with E-state index in [-0.39, 0.29) is 25.4 Å². The van der Waals surface area contributed by atoms with Crippen molar-refractivity contribution in [2.45, 2.75) is 25.8 Å². The van der Waals surface area contributed by atoms with Crippen molar-refractivity contribution >= 4 is 17.7 Å². The van der Waals surface area contributed by atoms with Crippen LogP contribution in [0.25, 0.3) is 11.1 Å². The number of nitrogens with two attached hydrogens (primary N) is 1. The minimum absolute atomic E-state index is 0.0250. The predicted octanol–water partition coefficient (Wildman–Crippen LogP) is 0.985. The number of hydroxylamine groups is 1. The van der Waals surface area contributed by atoms with Gasteiger partial charge in [-0.05, 0) is 35.2 Å². The highest BCUT2D eigenvalue weighted by Crippen LogP contribution is 2.20. The lowest BCUT2D eigenvalue weighted by Gasteiger charge is -2.14. The molecule has 3 amide bonds. The predicted molar refractivity (Wildman–Crippen MR) is 109 cm³/mol. The van der Waals surface area contributed by atoms with Gasteiger partial charge in [0.15, 0.2) is 0 Å². The third kappa shape index (κ3) is 6.41. The van der Waals surface area contributed by atoms with Gasteiger partial charge in [-0.3, -0.25) is 19.6 Å². The Balaban J connectivity index is 1.84. The minimum atomic E-state index is -1.03. The molecular formula is C21H26N4O4. The summed E-state index contributed by atoms with van der Waals surface area (Å²) in [7, 11) is 0. The Morgan fingerprint density at radius 1 is 1.00 bits per heavy atom. The van der Waals surface area contributed by atoms with E-state index in [1.54, 1.807) is 12.1 Å². The molecule has 0 spiro atoms. The Kier molecular flexibility index (Phi) is 8.32. The van der Waals surface area contributed by atoms with Crippen LogP contribution >= 0.6 is 0 Å². The number of benzene rings is 2. The average Bonchev–Trinajstić information content (AvgIpc) is 2.77. The molecule has 154 valence electrons. The van der Waals surface area contributed by atoms with Gasteiger partial charge in [-0.1, -0.05) is 43.3 Å². The van der Waals surface area contributed by atoms with Gasteiger partial charge in [0.05, 0.1) is 0 Å². The molecule has 0 aliphatic rings. The molecule has 0 saturated heterocycles. The summed E-state index contributed by atoms with van der Waals surface area (Å²) in [5.41, 5.74) is 10.6. The Labute approximate surface area is 169 Å². The van der Waals surface area contributed by atoms with E-state index in [0.29, 0.717) is 5.56 Å². The van der Waals surface area contributed by atoms with Crippen LogP contribution in [0.1, 0.15) is 29.3 Å². The van der Waals surface area contributed by atoms with Gasteiger partial charge in [-0.25, -0.2) is 5.48 Å². The molecule has 0 bridgehead atoms. The van der Waals surface area contributed by atoms with Crippen LogP contribution in [-0.2, 0) is 16.0 Å². The normalized spacial score (nSPS) is 11.4. The molecule has 0 unspecified atom stereocenters. The number of carbonyl (C=O) groups is 3. The molecule has 2 aromatic carbocycles. The molecule has 0 aliphatic heterocycles. The molecule has 0 radical (unpaired) electrons. The Morgan fingerprint density at radius 2 is 1.59 bits per heavy atom. The van der Waals surface area contributed by atoms with E-state index in [0.717, 1.165) is 17.5 Å². The first-order valence-corrected chi connectivity index (χ1v) is 9.39. The number of nitrogens with one attached hydrogen (secondary N) is 3. The van der Waals surface area contributed by atoms with Crippen molar-refractivity contribution in [1.29, 1.82) is 0 Å². The monoisotopic (exact) mass is 398 g/mol. The summed E-state index contributed by atoms with van der Waals surface area (Å²) in [6.07, 6.45) is 0.960. The van der Waals surface area contributed by atoms with Crippen LogP contribution in [0.4, 0.5) is 0 Å². The van der Waals surface area contributed by atoms with Crippen LogP contribution in [0.2, 0.25) is 0 Å². The fourth-order valence-electron chi connectivity index (χ4n) is 2.71. The zero-order valence-corrected chi connectivity index (χ0v) is 16.3. The maximum atomic E-state index is 12.2. The van der Waals surface area contributed by atoms with Crippen molar-refractivity contribution in [3.8, 4) is 11.1 Å². The van der Waals surface area contributed by atoms with Gasteiger partial charge < -0.3 is 16.4 Å². The third-order valence-electron chi connectivity index (χ3n) is 4.48. The van der Waals surface area contributed by atoms with E-state index in [1.165, 1.54) is 11.0 Å². The zero-order chi connectivity index (χ0) is 21.2. The van der Waals surface area contributed by atoms with Gasteiger partial charge in [0.1, 0.15) is 6.04 Å². The first-order chi connectivity index (χ1) is 14.0. The molecule has 6 N–H and O–H groups in total. The zero-order valence-electron chi connectivity index (χ0n) is 16.3. The maximum absolute atomic E-state index is 12.2. The second-order valence-electron chi connectivity index (χ2n) is 6.47. The van der Waals surface area contributed by atoms with Crippen molar-refractivity contribution in [1.82, 2.24) is 16.1 Å². The van der Waals surface area contributed by atoms with Crippen molar-refractivity contribution in [3.05, 3.63) is 59.7 Å². The number of carbonyl (C=O) groups excluding carboxylic acids is 3. The third-order valence-corrected chi connectivity index (χ3v) is 4.48. The van der Waals surface area contributed by atoms with Crippen molar-refractivity contribution < 1.29 is 19.6 Å². The number of rotatable bonds is 9. The minimum Gasteiger partial charge on any atom is -0.352 e.